The van der Waals surface area contributed by atoms with Gasteiger partial charge in [-0.25, -0.2) is 4.98 Å². The number of para-hydroxylation sites is 2. The topological polar surface area (TPSA) is 123 Å². The van der Waals surface area contributed by atoms with E-state index in [0.29, 0.717) is 23.6 Å². The Hall–Kier alpha value is -3.85. The Kier molecular flexibility index (Phi) is 6.60. The Morgan fingerprint density at radius 2 is 1.76 bits per heavy atom. The number of nitrogens with zero attached hydrogens (tertiary/aromatic N) is 4. The summed E-state index contributed by atoms with van der Waals surface area (Å²) in [5, 5.41) is 3.17. The number of rotatable bonds is 7. The van der Waals surface area contributed by atoms with Crippen LogP contribution in [0.4, 0.5) is 22.9 Å². The molecule has 0 spiro atoms. The van der Waals surface area contributed by atoms with Crippen molar-refractivity contribution < 1.29 is 9.53 Å². The number of benzene rings is 2. The second-order valence-corrected chi connectivity index (χ2v) is 7.99. The smallest absolute Gasteiger partial charge is 0.271 e. The molecule has 1 aliphatic heterocycles. The maximum absolute atomic E-state index is 12.1. The van der Waals surface area contributed by atoms with Crippen molar-refractivity contribution in [3.8, 4) is 11.6 Å². The first-order chi connectivity index (χ1) is 15.9. The molecule has 9 heteroatoms. The standard InChI is InChI=1S/C24H29N7O2/c1-3-19-24(33-20-7-5-4-6-18(20)25)29-23(21(28-19)22(26)32)27-16-8-10-17(11-9-16)31-14-12-30(2)13-15-31/h4-11H,3,12-15,25H2,1-2H3,(H2,26,32)(H,27,29). The Labute approximate surface area is 193 Å². The highest BCUT2D eigenvalue weighted by Gasteiger charge is 2.20. The number of aromatic nitrogens is 2. The lowest BCUT2D eigenvalue weighted by Gasteiger charge is -2.34. The number of primary amides is 1. The van der Waals surface area contributed by atoms with E-state index in [9.17, 15) is 4.79 Å². The summed E-state index contributed by atoms with van der Waals surface area (Å²) >= 11 is 0. The summed E-state index contributed by atoms with van der Waals surface area (Å²) in [5.74, 6) is 0.309. The number of piperazine rings is 1. The van der Waals surface area contributed by atoms with E-state index >= 15 is 0 Å². The number of hydrogen-bond acceptors (Lipinski definition) is 8. The minimum absolute atomic E-state index is 0.0587. The van der Waals surface area contributed by atoms with Crippen molar-refractivity contribution in [2.24, 2.45) is 5.73 Å². The number of likely N-dealkylation sites (N-methyl/N-ethyl adjacent to an activating group) is 1. The van der Waals surface area contributed by atoms with Crippen molar-refractivity contribution in [1.29, 1.82) is 0 Å². The third-order valence-corrected chi connectivity index (χ3v) is 5.62. The van der Waals surface area contributed by atoms with Crippen LogP contribution in [0.5, 0.6) is 11.6 Å². The molecule has 5 N–H and O–H groups in total. The number of carbonyl (C=O) groups is 1. The van der Waals surface area contributed by atoms with E-state index in [0.717, 1.165) is 37.6 Å². The first-order valence-electron chi connectivity index (χ1n) is 11.0. The predicted molar refractivity (Wildman–Crippen MR) is 130 cm³/mol. The lowest BCUT2D eigenvalue weighted by Crippen LogP contribution is -2.44. The van der Waals surface area contributed by atoms with Gasteiger partial charge in [0.15, 0.2) is 17.3 Å². The van der Waals surface area contributed by atoms with Gasteiger partial charge in [0.1, 0.15) is 5.69 Å². The van der Waals surface area contributed by atoms with E-state index in [1.54, 1.807) is 12.1 Å². The molecule has 4 rings (SSSR count). The maximum Gasteiger partial charge on any atom is 0.271 e. The fraction of sp³-hybridized carbons (Fsp3) is 0.292. The summed E-state index contributed by atoms with van der Waals surface area (Å²) < 4.78 is 5.95. The molecule has 1 aromatic heterocycles. The van der Waals surface area contributed by atoms with Crippen LogP contribution in [-0.2, 0) is 6.42 Å². The van der Waals surface area contributed by atoms with E-state index in [1.165, 1.54) is 0 Å². The molecule has 1 fully saturated rings. The molecule has 9 nitrogen and oxygen atoms in total. The largest absolute Gasteiger partial charge is 0.435 e. The number of carbonyl (C=O) groups excluding carboxylic acids is 1. The molecule has 172 valence electrons. The van der Waals surface area contributed by atoms with Gasteiger partial charge in [0.05, 0.1) is 5.69 Å². The summed E-state index contributed by atoms with van der Waals surface area (Å²) in [4.78, 5) is 25.8. The molecule has 0 radical (unpaired) electrons. The first-order valence-corrected chi connectivity index (χ1v) is 11.0. The molecule has 1 amide bonds. The number of anilines is 4. The Morgan fingerprint density at radius 3 is 2.39 bits per heavy atom. The quantitative estimate of drug-likeness (QED) is 0.473. The van der Waals surface area contributed by atoms with Crippen LogP contribution < -0.4 is 26.4 Å². The van der Waals surface area contributed by atoms with Crippen LogP contribution in [0.1, 0.15) is 23.1 Å². The third kappa shape index (κ3) is 5.15. The van der Waals surface area contributed by atoms with Gasteiger partial charge < -0.3 is 31.3 Å². The summed E-state index contributed by atoms with van der Waals surface area (Å²) in [6.45, 7) is 5.96. The van der Waals surface area contributed by atoms with Crippen molar-refractivity contribution in [2.75, 3.05) is 49.2 Å². The predicted octanol–water partition coefficient (Wildman–Crippen LogP) is 3.01. The van der Waals surface area contributed by atoms with Crippen LogP contribution in [-0.4, -0.2) is 54.0 Å². The Balaban J connectivity index is 1.60. The summed E-state index contributed by atoms with van der Waals surface area (Å²) in [6, 6.07) is 15.1. The molecule has 0 saturated carbocycles. The number of nitrogens with two attached hydrogens (primary N) is 2. The molecule has 33 heavy (non-hydrogen) atoms. The van der Waals surface area contributed by atoms with Crippen molar-refractivity contribution in [3.05, 3.63) is 59.9 Å². The van der Waals surface area contributed by atoms with Gasteiger partial charge in [-0.1, -0.05) is 19.1 Å². The first kappa shape index (κ1) is 22.3. The van der Waals surface area contributed by atoms with E-state index in [2.05, 4.69) is 32.1 Å². The lowest BCUT2D eigenvalue weighted by atomic mass is 10.2. The maximum atomic E-state index is 12.1. The molecule has 1 saturated heterocycles. The average molecular weight is 448 g/mol. The van der Waals surface area contributed by atoms with Gasteiger partial charge >= 0.3 is 0 Å². The number of hydrogen-bond donors (Lipinski definition) is 3. The van der Waals surface area contributed by atoms with Crippen LogP contribution in [0.15, 0.2) is 48.5 Å². The monoisotopic (exact) mass is 447 g/mol. The zero-order valence-corrected chi connectivity index (χ0v) is 18.9. The number of ether oxygens (including phenoxy) is 1. The highest BCUT2D eigenvalue weighted by molar-refractivity contribution is 5.96. The molecule has 3 aromatic rings. The van der Waals surface area contributed by atoms with E-state index < -0.39 is 5.91 Å². The number of nitrogens with one attached hydrogen (secondary N) is 1. The molecule has 2 aromatic carbocycles. The average Bonchev–Trinajstić information content (AvgIpc) is 2.81. The molecule has 0 unspecified atom stereocenters. The van der Waals surface area contributed by atoms with Crippen molar-refractivity contribution >= 4 is 28.8 Å². The lowest BCUT2D eigenvalue weighted by molar-refractivity contribution is 0.0996. The molecular formula is C24H29N7O2. The van der Waals surface area contributed by atoms with Crippen LogP contribution in [0, 0.1) is 0 Å². The molecule has 2 heterocycles. The van der Waals surface area contributed by atoms with Gasteiger partial charge in [-0.15, -0.1) is 0 Å². The van der Waals surface area contributed by atoms with Crippen molar-refractivity contribution in [2.45, 2.75) is 13.3 Å². The van der Waals surface area contributed by atoms with Crippen molar-refractivity contribution in [1.82, 2.24) is 14.9 Å². The summed E-state index contributed by atoms with van der Waals surface area (Å²) in [5.41, 5.74) is 14.6. The number of amides is 1. The van der Waals surface area contributed by atoms with E-state index in [-0.39, 0.29) is 17.4 Å². The Morgan fingerprint density at radius 1 is 1.06 bits per heavy atom. The van der Waals surface area contributed by atoms with E-state index in [4.69, 9.17) is 16.2 Å². The van der Waals surface area contributed by atoms with Crippen LogP contribution in [0.2, 0.25) is 0 Å². The zero-order valence-electron chi connectivity index (χ0n) is 18.9. The van der Waals surface area contributed by atoms with Gasteiger partial charge in [-0.2, -0.15) is 4.98 Å². The molecule has 0 aliphatic carbocycles. The number of aryl methyl sites for hydroxylation is 1. The molecule has 0 atom stereocenters. The SMILES string of the molecule is CCc1nc(C(N)=O)c(Nc2ccc(N3CCN(C)CC3)cc2)nc1Oc1ccccc1N. The van der Waals surface area contributed by atoms with Crippen LogP contribution in [0.3, 0.4) is 0 Å². The number of nitrogen functional groups attached to an aromatic ring is 1. The van der Waals surface area contributed by atoms with Gasteiger partial charge in [0.25, 0.3) is 5.91 Å². The summed E-state index contributed by atoms with van der Waals surface area (Å²) in [7, 11) is 2.13. The molecule has 0 bridgehead atoms. The highest BCUT2D eigenvalue weighted by Crippen LogP contribution is 2.31. The Bertz CT molecular complexity index is 1130. The zero-order chi connectivity index (χ0) is 23.4. The highest BCUT2D eigenvalue weighted by atomic mass is 16.5. The minimum atomic E-state index is -0.667. The van der Waals surface area contributed by atoms with Gasteiger partial charge in [-0.05, 0) is 49.9 Å². The van der Waals surface area contributed by atoms with Crippen LogP contribution in [0.25, 0.3) is 0 Å². The fourth-order valence-corrected chi connectivity index (χ4v) is 3.66. The fourth-order valence-electron chi connectivity index (χ4n) is 3.66. The van der Waals surface area contributed by atoms with Gasteiger partial charge in [0, 0.05) is 37.6 Å². The summed E-state index contributed by atoms with van der Waals surface area (Å²) in [6.07, 6.45) is 0.509. The second kappa shape index (κ2) is 9.74. The van der Waals surface area contributed by atoms with Gasteiger partial charge in [-0.3, -0.25) is 4.79 Å². The van der Waals surface area contributed by atoms with Crippen LogP contribution >= 0.6 is 0 Å². The minimum Gasteiger partial charge on any atom is -0.435 e. The second-order valence-electron chi connectivity index (χ2n) is 7.99. The van der Waals surface area contributed by atoms with Crippen molar-refractivity contribution in [3.63, 3.8) is 0 Å². The van der Waals surface area contributed by atoms with Gasteiger partial charge in [0.2, 0.25) is 5.88 Å². The molecule has 1 aliphatic rings. The normalized spacial score (nSPS) is 14.2. The molecular weight excluding hydrogens is 418 g/mol. The third-order valence-electron chi connectivity index (χ3n) is 5.62. The van der Waals surface area contributed by atoms with E-state index in [1.807, 2.05) is 43.3 Å².